The Morgan fingerprint density at radius 2 is 1.93 bits per heavy atom. The van der Waals surface area contributed by atoms with Gasteiger partial charge in [-0.1, -0.05) is 18.2 Å². The summed E-state index contributed by atoms with van der Waals surface area (Å²) in [5.41, 5.74) is -1.45. The number of hydrogen-bond acceptors (Lipinski definition) is 8. The van der Waals surface area contributed by atoms with Gasteiger partial charge in [0.15, 0.2) is 6.61 Å². The van der Waals surface area contributed by atoms with Crippen molar-refractivity contribution in [2.24, 2.45) is 0 Å². The van der Waals surface area contributed by atoms with E-state index < -0.39 is 29.0 Å². The molecule has 3 aromatic rings. The van der Waals surface area contributed by atoms with Gasteiger partial charge in [0.1, 0.15) is 22.6 Å². The molecule has 1 N–H and O–H groups in total. The Hall–Kier alpha value is -4.21. The van der Waals surface area contributed by atoms with Crippen molar-refractivity contribution in [1.82, 2.24) is 0 Å². The third-order valence-corrected chi connectivity index (χ3v) is 3.87. The minimum absolute atomic E-state index is 0.0953. The summed E-state index contributed by atoms with van der Waals surface area (Å²) in [7, 11) is 1.35. The second-order valence-corrected chi connectivity index (χ2v) is 5.75. The van der Waals surface area contributed by atoms with Crippen molar-refractivity contribution in [3.63, 3.8) is 0 Å². The van der Waals surface area contributed by atoms with Gasteiger partial charge in [-0.25, -0.2) is 9.59 Å². The summed E-state index contributed by atoms with van der Waals surface area (Å²) < 4.78 is 14.8. The number of carbonyl (C=O) groups excluding carboxylic acids is 2. The summed E-state index contributed by atoms with van der Waals surface area (Å²) in [5, 5.41) is 13.9. The molecular formula is C19H14N2O8. The Labute approximate surface area is 162 Å². The molecule has 1 amide bonds. The fraction of sp³-hybridized carbons (Fsp3) is 0.105. The number of carbonyl (C=O) groups is 2. The molecule has 0 aliphatic rings. The Morgan fingerprint density at radius 3 is 2.66 bits per heavy atom. The average molecular weight is 398 g/mol. The normalized spacial score (nSPS) is 10.4. The number of esters is 1. The highest BCUT2D eigenvalue weighted by atomic mass is 16.6. The van der Waals surface area contributed by atoms with E-state index in [0.29, 0.717) is 11.0 Å². The topological polar surface area (TPSA) is 138 Å². The highest BCUT2D eigenvalue weighted by Gasteiger charge is 2.20. The number of nitrogens with one attached hydrogen (secondary N) is 1. The van der Waals surface area contributed by atoms with E-state index in [4.69, 9.17) is 13.9 Å². The van der Waals surface area contributed by atoms with Crippen molar-refractivity contribution < 1.29 is 28.4 Å². The number of nitrogens with zero attached hydrogens (tertiary/aromatic N) is 1. The number of nitro groups is 1. The zero-order valence-corrected chi connectivity index (χ0v) is 15.0. The molecule has 3 rings (SSSR count). The Morgan fingerprint density at radius 1 is 1.17 bits per heavy atom. The molecule has 0 saturated heterocycles. The minimum atomic E-state index is -1.05. The number of rotatable bonds is 6. The summed E-state index contributed by atoms with van der Waals surface area (Å²) in [5.74, 6) is -1.63. The predicted molar refractivity (Wildman–Crippen MR) is 101 cm³/mol. The van der Waals surface area contributed by atoms with Crippen molar-refractivity contribution in [2.45, 2.75) is 0 Å². The second-order valence-electron chi connectivity index (χ2n) is 5.75. The molecule has 0 bridgehead atoms. The van der Waals surface area contributed by atoms with E-state index in [1.807, 2.05) is 0 Å². The molecule has 0 saturated carbocycles. The van der Waals surface area contributed by atoms with Crippen LogP contribution in [0.25, 0.3) is 11.0 Å². The number of ether oxygens (including phenoxy) is 2. The van der Waals surface area contributed by atoms with E-state index in [-0.39, 0.29) is 22.7 Å². The SMILES string of the molecule is COc1ccc(NC(=O)COC(=O)c2cc3ccccc3oc2=O)c([N+](=O)[O-])c1. The van der Waals surface area contributed by atoms with Crippen LogP contribution in [0.3, 0.4) is 0 Å². The van der Waals surface area contributed by atoms with E-state index in [1.165, 1.54) is 25.3 Å². The molecule has 0 fully saturated rings. The van der Waals surface area contributed by atoms with Crippen LogP contribution in [-0.4, -0.2) is 30.5 Å². The smallest absolute Gasteiger partial charge is 0.351 e. The van der Waals surface area contributed by atoms with E-state index in [1.54, 1.807) is 24.3 Å². The van der Waals surface area contributed by atoms with Gasteiger partial charge in [0.25, 0.3) is 11.6 Å². The Bertz CT molecular complexity index is 1170. The second kappa shape index (κ2) is 8.21. The van der Waals surface area contributed by atoms with Crippen molar-refractivity contribution in [3.05, 3.63) is 74.6 Å². The number of amides is 1. The highest BCUT2D eigenvalue weighted by Crippen LogP contribution is 2.28. The molecule has 0 atom stereocenters. The van der Waals surface area contributed by atoms with Crippen LogP contribution in [0.1, 0.15) is 10.4 Å². The fourth-order valence-corrected chi connectivity index (χ4v) is 2.49. The predicted octanol–water partition coefficient (Wildman–Crippen LogP) is 2.51. The molecule has 0 unspecified atom stereocenters. The maximum Gasteiger partial charge on any atom is 0.351 e. The largest absolute Gasteiger partial charge is 0.496 e. The maximum absolute atomic E-state index is 12.1. The zero-order valence-electron chi connectivity index (χ0n) is 15.0. The highest BCUT2D eigenvalue weighted by molar-refractivity contribution is 5.97. The molecule has 10 nitrogen and oxygen atoms in total. The van der Waals surface area contributed by atoms with E-state index in [2.05, 4.69) is 5.32 Å². The van der Waals surface area contributed by atoms with Gasteiger partial charge in [-0.2, -0.15) is 0 Å². The first-order valence-electron chi connectivity index (χ1n) is 8.21. The molecule has 2 aromatic carbocycles. The summed E-state index contributed by atoms with van der Waals surface area (Å²) in [4.78, 5) is 46.5. The lowest BCUT2D eigenvalue weighted by Gasteiger charge is -2.08. The van der Waals surface area contributed by atoms with Crippen LogP contribution in [-0.2, 0) is 9.53 Å². The first-order valence-corrected chi connectivity index (χ1v) is 8.21. The number of para-hydroxylation sites is 1. The number of fused-ring (bicyclic) bond motifs is 1. The minimum Gasteiger partial charge on any atom is -0.496 e. The molecule has 10 heteroatoms. The maximum atomic E-state index is 12.1. The Balaban J connectivity index is 1.70. The number of benzene rings is 2. The van der Waals surface area contributed by atoms with Crippen molar-refractivity contribution in [3.8, 4) is 5.75 Å². The van der Waals surface area contributed by atoms with Crippen molar-refractivity contribution in [1.29, 1.82) is 0 Å². The fourth-order valence-electron chi connectivity index (χ4n) is 2.49. The number of hydrogen-bond donors (Lipinski definition) is 1. The van der Waals surface area contributed by atoms with E-state index in [9.17, 15) is 24.5 Å². The molecule has 0 aliphatic heterocycles. The van der Waals surface area contributed by atoms with Gasteiger partial charge >= 0.3 is 11.6 Å². The van der Waals surface area contributed by atoms with Crippen LogP contribution in [0.4, 0.5) is 11.4 Å². The Kier molecular flexibility index (Phi) is 5.54. The third kappa shape index (κ3) is 4.38. The van der Waals surface area contributed by atoms with Gasteiger partial charge in [0.05, 0.1) is 18.1 Å². The third-order valence-electron chi connectivity index (χ3n) is 3.87. The molecular weight excluding hydrogens is 384 g/mol. The van der Waals surface area contributed by atoms with Crippen LogP contribution < -0.4 is 15.7 Å². The lowest BCUT2D eigenvalue weighted by molar-refractivity contribution is -0.384. The van der Waals surface area contributed by atoms with Gasteiger partial charge < -0.3 is 19.2 Å². The monoisotopic (exact) mass is 398 g/mol. The number of nitro benzene ring substituents is 1. The molecule has 1 heterocycles. The van der Waals surface area contributed by atoms with Crippen LogP contribution in [0.5, 0.6) is 5.75 Å². The zero-order chi connectivity index (χ0) is 21.0. The molecule has 0 aliphatic carbocycles. The van der Waals surface area contributed by atoms with Gasteiger partial charge in [-0.05, 0) is 24.3 Å². The quantitative estimate of drug-likeness (QED) is 0.289. The van der Waals surface area contributed by atoms with E-state index in [0.717, 1.165) is 6.07 Å². The molecule has 29 heavy (non-hydrogen) atoms. The van der Waals surface area contributed by atoms with Crippen molar-refractivity contribution in [2.75, 3.05) is 19.0 Å². The summed E-state index contributed by atoms with van der Waals surface area (Å²) >= 11 is 0. The van der Waals surface area contributed by atoms with Gasteiger partial charge in [0, 0.05) is 5.39 Å². The first kappa shape index (κ1) is 19.5. The van der Waals surface area contributed by atoms with Gasteiger partial charge in [0.2, 0.25) is 0 Å². The van der Waals surface area contributed by atoms with E-state index >= 15 is 0 Å². The van der Waals surface area contributed by atoms with Crippen LogP contribution in [0.15, 0.2) is 57.7 Å². The average Bonchev–Trinajstić information content (AvgIpc) is 2.71. The standard InChI is InChI=1S/C19H14N2O8/c1-27-12-6-7-14(15(9-12)21(25)26)20-17(22)10-28-18(23)13-8-11-4-2-3-5-16(11)29-19(13)24/h2-9H,10H2,1H3,(H,20,22). The summed E-state index contributed by atoms with van der Waals surface area (Å²) in [6, 6.07) is 11.7. The van der Waals surface area contributed by atoms with Gasteiger partial charge in [-0.15, -0.1) is 0 Å². The number of methoxy groups -OCH3 is 1. The number of anilines is 1. The molecule has 0 spiro atoms. The lowest BCUT2D eigenvalue weighted by Crippen LogP contribution is -2.24. The van der Waals surface area contributed by atoms with Crippen LogP contribution >= 0.6 is 0 Å². The lowest BCUT2D eigenvalue weighted by atomic mass is 10.2. The van der Waals surface area contributed by atoms with Crippen molar-refractivity contribution >= 4 is 34.2 Å². The first-order chi connectivity index (χ1) is 13.9. The summed E-state index contributed by atoms with van der Waals surface area (Å²) in [6.45, 7) is -0.756. The van der Waals surface area contributed by atoms with Crippen LogP contribution in [0, 0.1) is 10.1 Å². The molecule has 0 radical (unpaired) electrons. The molecule has 1 aromatic heterocycles. The summed E-state index contributed by atoms with van der Waals surface area (Å²) in [6.07, 6.45) is 0. The van der Waals surface area contributed by atoms with Gasteiger partial charge in [-0.3, -0.25) is 14.9 Å². The van der Waals surface area contributed by atoms with Crippen LogP contribution in [0.2, 0.25) is 0 Å². The molecule has 148 valence electrons.